The molecule has 0 aromatic heterocycles. The maximum absolute atomic E-state index is 12.7. The van der Waals surface area contributed by atoms with Crippen molar-refractivity contribution in [1.82, 2.24) is 14.7 Å². The molecular weight excluding hydrogens is 402 g/mol. The normalized spacial score (nSPS) is 18.2. The molecule has 2 atom stereocenters. The number of nitrogens with zero attached hydrogens (tertiary/aromatic N) is 3. The predicted molar refractivity (Wildman–Crippen MR) is 127 cm³/mol. The molecule has 1 fully saturated rings. The second-order valence-electron chi connectivity index (χ2n) is 9.05. The zero-order valence-corrected chi connectivity index (χ0v) is 20.1. The van der Waals surface area contributed by atoms with Gasteiger partial charge in [-0.1, -0.05) is 42.5 Å². The first-order valence-corrected chi connectivity index (χ1v) is 11.1. The van der Waals surface area contributed by atoms with Crippen LogP contribution in [0.25, 0.3) is 0 Å². The maximum atomic E-state index is 12.7. The summed E-state index contributed by atoms with van der Waals surface area (Å²) in [5.74, 6) is 0.874. The summed E-state index contributed by atoms with van der Waals surface area (Å²) < 4.78 is 5.59. The lowest BCUT2D eigenvalue weighted by Crippen LogP contribution is -2.34. The lowest BCUT2D eigenvalue weighted by atomic mass is 9.87. The third kappa shape index (κ3) is 5.30. The Balaban J connectivity index is 1.70. The fourth-order valence-electron chi connectivity index (χ4n) is 4.64. The summed E-state index contributed by atoms with van der Waals surface area (Å²) in [6.07, 6.45) is 0. The number of carbonyl (C=O) groups is 2. The Kier molecular flexibility index (Phi) is 7.56. The summed E-state index contributed by atoms with van der Waals surface area (Å²) in [7, 11) is 7.37. The first-order valence-electron chi connectivity index (χ1n) is 11.1. The Hall–Kier alpha value is -2.86. The third-order valence-corrected chi connectivity index (χ3v) is 6.32. The van der Waals surface area contributed by atoms with Crippen LogP contribution in [0, 0.1) is 12.8 Å². The standard InChI is InChI=1S/C26H35N3O3/c1-18-8-7-9-22(25(18)32-6)15-28(5)14-20-10-12-21(13-11-20)23-16-29(19(2)30)17-24(23)26(31)27(3)4/h7-13,23-24H,14-17H2,1-6H3/t23-,24+/m1/s1. The van der Waals surface area contributed by atoms with E-state index in [1.54, 1.807) is 37.9 Å². The molecule has 1 heterocycles. The van der Waals surface area contributed by atoms with Crippen molar-refractivity contribution < 1.29 is 14.3 Å². The van der Waals surface area contributed by atoms with Gasteiger partial charge in [0.1, 0.15) is 5.75 Å². The van der Waals surface area contributed by atoms with E-state index in [2.05, 4.69) is 61.3 Å². The highest BCUT2D eigenvalue weighted by atomic mass is 16.5. The lowest BCUT2D eigenvalue weighted by molar-refractivity contribution is -0.133. The van der Waals surface area contributed by atoms with E-state index in [9.17, 15) is 9.59 Å². The second kappa shape index (κ2) is 10.2. The zero-order valence-electron chi connectivity index (χ0n) is 20.1. The number of carbonyl (C=O) groups excluding carboxylic acids is 2. The van der Waals surface area contributed by atoms with Gasteiger partial charge in [0.2, 0.25) is 11.8 Å². The number of likely N-dealkylation sites (tertiary alicyclic amines) is 1. The van der Waals surface area contributed by atoms with Gasteiger partial charge in [0.05, 0.1) is 13.0 Å². The number of rotatable bonds is 7. The molecule has 3 rings (SSSR count). The molecule has 2 amide bonds. The minimum Gasteiger partial charge on any atom is -0.496 e. The quantitative estimate of drug-likeness (QED) is 0.667. The van der Waals surface area contributed by atoms with E-state index < -0.39 is 0 Å². The lowest BCUT2D eigenvalue weighted by Gasteiger charge is -2.22. The monoisotopic (exact) mass is 437 g/mol. The van der Waals surface area contributed by atoms with E-state index in [1.165, 1.54) is 11.1 Å². The van der Waals surface area contributed by atoms with Gasteiger partial charge in [0.25, 0.3) is 0 Å². The van der Waals surface area contributed by atoms with Crippen molar-refractivity contribution in [3.05, 3.63) is 64.7 Å². The van der Waals surface area contributed by atoms with Crippen LogP contribution in [0.15, 0.2) is 42.5 Å². The Morgan fingerprint density at radius 1 is 1.03 bits per heavy atom. The van der Waals surface area contributed by atoms with Crippen molar-refractivity contribution in [2.75, 3.05) is 41.3 Å². The van der Waals surface area contributed by atoms with Crippen LogP contribution < -0.4 is 4.74 Å². The summed E-state index contributed by atoms with van der Waals surface area (Å²) in [4.78, 5) is 30.3. The molecule has 0 unspecified atom stereocenters. The third-order valence-electron chi connectivity index (χ3n) is 6.32. The molecule has 172 valence electrons. The summed E-state index contributed by atoms with van der Waals surface area (Å²) >= 11 is 0. The smallest absolute Gasteiger partial charge is 0.227 e. The highest BCUT2D eigenvalue weighted by Crippen LogP contribution is 2.34. The van der Waals surface area contributed by atoms with Crippen molar-refractivity contribution in [3.8, 4) is 5.75 Å². The van der Waals surface area contributed by atoms with Crippen LogP contribution in [0.5, 0.6) is 5.75 Å². The Morgan fingerprint density at radius 3 is 2.31 bits per heavy atom. The average Bonchev–Trinajstić information content (AvgIpc) is 3.19. The van der Waals surface area contributed by atoms with E-state index in [0.717, 1.165) is 30.0 Å². The predicted octanol–water partition coefficient (Wildman–Crippen LogP) is 3.29. The van der Waals surface area contributed by atoms with E-state index in [1.807, 2.05) is 0 Å². The molecule has 0 saturated carbocycles. The topological polar surface area (TPSA) is 53.1 Å². The number of ether oxygens (including phenoxy) is 1. The van der Waals surface area contributed by atoms with Crippen LogP contribution >= 0.6 is 0 Å². The summed E-state index contributed by atoms with van der Waals surface area (Å²) in [6.45, 7) is 6.31. The van der Waals surface area contributed by atoms with Crippen LogP contribution in [0.4, 0.5) is 0 Å². The molecule has 0 N–H and O–H groups in total. The Morgan fingerprint density at radius 2 is 1.72 bits per heavy atom. The molecule has 1 saturated heterocycles. The van der Waals surface area contributed by atoms with E-state index in [0.29, 0.717) is 13.1 Å². The highest BCUT2D eigenvalue weighted by molar-refractivity contribution is 5.82. The first-order chi connectivity index (χ1) is 15.2. The SMILES string of the molecule is COc1c(C)cccc1CN(C)Cc1ccc([C@H]2CN(C(C)=O)C[C@@H]2C(=O)N(C)C)cc1. The zero-order chi connectivity index (χ0) is 23.4. The number of hydrogen-bond donors (Lipinski definition) is 0. The van der Waals surface area contributed by atoms with Crippen LogP contribution in [0.2, 0.25) is 0 Å². The Labute approximate surface area is 191 Å². The van der Waals surface area contributed by atoms with Crippen molar-refractivity contribution in [2.24, 2.45) is 5.92 Å². The minimum atomic E-state index is -0.198. The minimum absolute atomic E-state index is 0.0221. The van der Waals surface area contributed by atoms with Crippen molar-refractivity contribution >= 4 is 11.8 Å². The molecule has 0 aliphatic carbocycles. The molecule has 2 aromatic rings. The molecular formula is C26H35N3O3. The molecule has 0 radical (unpaired) electrons. The molecule has 32 heavy (non-hydrogen) atoms. The van der Waals surface area contributed by atoms with Gasteiger partial charge < -0.3 is 14.5 Å². The maximum Gasteiger partial charge on any atom is 0.227 e. The van der Waals surface area contributed by atoms with Crippen LogP contribution in [0.1, 0.15) is 35.1 Å². The number of amides is 2. The summed E-state index contributed by atoms with van der Waals surface area (Å²) in [6, 6.07) is 14.7. The summed E-state index contributed by atoms with van der Waals surface area (Å²) in [5, 5.41) is 0. The fraction of sp³-hybridized carbons (Fsp3) is 0.462. The average molecular weight is 438 g/mol. The van der Waals surface area contributed by atoms with Gasteiger partial charge in [-0.25, -0.2) is 0 Å². The van der Waals surface area contributed by atoms with E-state index in [4.69, 9.17) is 4.74 Å². The van der Waals surface area contributed by atoms with Crippen LogP contribution in [-0.2, 0) is 22.7 Å². The number of methoxy groups -OCH3 is 1. The Bertz CT molecular complexity index is 955. The van der Waals surface area contributed by atoms with Gasteiger partial charge in [0.15, 0.2) is 0 Å². The molecule has 6 heteroatoms. The van der Waals surface area contributed by atoms with E-state index >= 15 is 0 Å². The van der Waals surface area contributed by atoms with Gasteiger partial charge >= 0.3 is 0 Å². The molecule has 6 nitrogen and oxygen atoms in total. The van der Waals surface area contributed by atoms with Crippen LogP contribution in [-0.4, -0.2) is 67.9 Å². The van der Waals surface area contributed by atoms with Gasteiger partial charge in [-0.2, -0.15) is 0 Å². The van der Waals surface area contributed by atoms with Gasteiger partial charge in [0, 0.05) is 58.7 Å². The number of para-hydroxylation sites is 1. The summed E-state index contributed by atoms with van der Waals surface area (Å²) in [5.41, 5.74) is 4.63. The number of hydrogen-bond acceptors (Lipinski definition) is 4. The van der Waals surface area contributed by atoms with Gasteiger partial charge in [-0.3, -0.25) is 14.5 Å². The van der Waals surface area contributed by atoms with Gasteiger partial charge in [-0.05, 0) is 30.7 Å². The molecule has 2 aromatic carbocycles. The van der Waals surface area contributed by atoms with Crippen molar-refractivity contribution in [1.29, 1.82) is 0 Å². The number of benzene rings is 2. The molecule has 0 bridgehead atoms. The second-order valence-corrected chi connectivity index (χ2v) is 9.05. The van der Waals surface area contributed by atoms with E-state index in [-0.39, 0.29) is 23.7 Å². The van der Waals surface area contributed by atoms with Crippen LogP contribution in [0.3, 0.4) is 0 Å². The van der Waals surface area contributed by atoms with Crippen molar-refractivity contribution in [2.45, 2.75) is 32.9 Å². The highest BCUT2D eigenvalue weighted by Gasteiger charge is 2.40. The molecule has 1 aliphatic rings. The largest absolute Gasteiger partial charge is 0.496 e. The molecule has 1 aliphatic heterocycles. The van der Waals surface area contributed by atoms with Crippen molar-refractivity contribution in [3.63, 3.8) is 0 Å². The fourth-order valence-corrected chi connectivity index (χ4v) is 4.64. The number of aryl methyl sites for hydroxylation is 1. The van der Waals surface area contributed by atoms with Gasteiger partial charge in [-0.15, -0.1) is 0 Å². The first kappa shape index (κ1) is 23.8. The molecule has 0 spiro atoms.